The van der Waals surface area contributed by atoms with Crippen molar-refractivity contribution in [2.24, 2.45) is 0 Å². The molecule has 1 aliphatic heterocycles. The van der Waals surface area contributed by atoms with Gasteiger partial charge in [0.15, 0.2) is 17.1 Å². The van der Waals surface area contributed by atoms with Crippen LogP contribution in [0.5, 0.6) is 11.6 Å². The molecule has 0 unspecified atom stereocenters. The van der Waals surface area contributed by atoms with Crippen molar-refractivity contribution < 1.29 is 28.2 Å². The number of hydrogen-bond acceptors (Lipinski definition) is 10. The maximum Gasteiger partial charge on any atom is 0.251 e. The summed E-state index contributed by atoms with van der Waals surface area (Å²) in [7, 11) is 0.293. The molecular weight excluding hydrogens is 641 g/mol. The van der Waals surface area contributed by atoms with Gasteiger partial charge in [0.05, 0.1) is 37.4 Å². The first-order valence-electron chi connectivity index (χ1n) is 17.0. The molecule has 1 saturated carbocycles. The number of amides is 1. The molecule has 1 saturated heterocycles. The van der Waals surface area contributed by atoms with Crippen molar-refractivity contribution in [3.63, 3.8) is 0 Å². The Balaban J connectivity index is 1.29. The molecule has 2 aromatic carbocycles. The Morgan fingerprint density at radius 1 is 1.06 bits per heavy atom. The zero-order valence-electron chi connectivity index (χ0n) is 28.8. The lowest BCUT2D eigenvalue weighted by Gasteiger charge is -2.26. The molecule has 49 heavy (non-hydrogen) atoms. The second-order valence-electron chi connectivity index (χ2n) is 14.1. The number of carbonyl (C=O) groups is 1. The molecule has 2 aliphatic rings. The fourth-order valence-corrected chi connectivity index (χ4v) is 6.93. The standard InChI is InChI=1S/C36H44N6O6Si/c1-22-37-29-12-10-23(16-31(29)47-22)27-18-42(21-45-14-15-49(3,4)5)33-32(27)35(48-26-8-6-7-9-26)41-36(40-33)39-28-13-11-24(17-30(28)44-2)34(43)38-25-19-46-20-25/h10-13,16-18,25-26H,6-9,14-15,19-21H2,1-5H3,(H,38,43)(H,39,40,41). The molecule has 7 rings (SSSR count). The number of anilines is 2. The lowest BCUT2D eigenvalue weighted by Crippen LogP contribution is -2.48. The number of fused-ring (bicyclic) bond motifs is 2. The van der Waals surface area contributed by atoms with Crippen molar-refractivity contribution in [3.05, 3.63) is 54.0 Å². The van der Waals surface area contributed by atoms with E-state index >= 15 is 0 Å². The van der Waals surface area contributed by atoms with Crippen molar-refractivity contribution in [2.45, 2.75) is 77.2 Å². The van der Waals surface area contributed by atoms with Gasteiger partial charge in [0.25, 0.3) is 5.91 Å². The highest BCUT2D eigenvalue weighted by molar-refractivity contribution is 6.76. The Morgan fingerprint density at radius 2 is 1.88 bits per heavy atom. The zero-order chi connectivity index (χ0) is 34.1. The number of benzene rings is 2. The van der Waals surface area contributed by atoms with Crippen molar-refractivity contribution in [1.82, 2.24) is 24.8 Å². The lowest BCUT2D eigenvalue weighted by molar-refractivity contribution is -0.00346. The van der Waals surface area contributed by atoms with E-state index in [9.17, 15) is 4.79 Å². The third kappa shape index (κ3) is 7.43. The number of aromatic nitrogens is 4. The van der Waals surface area contributed by atoms with Gasteiger partial charge in [0.2, 0.25) is 11.8 Å². The minimum atomic E-state index is -1.28. The smallest absolute Gasteiger partial charge is 0.251 e. The van der Waals surface area contributed by atoms with Gasteiger partial charge in [-0.1, -0.05) is 25.7 Å². The molecule has 0 atom stereocenters. The van der Waals surface area contributed by atoms with E-state index in [2.05, 4.69) is 41.5 Å². The minimum absolute atomic E-state index is 0.0251. The fraction of sp³-hybridized carbons (Fsp3) is 0.444. The maximum atomic E-state index is 12.8. The van der Waals surface area contributed by atoms with Crippen molar-refractivity contribution in [2.75, 3.05) is 32.2 Å². The lowest BCUT2D eigenvalue weighted by atomic mass is 10.1. The average Bonchev–Trinajstić information content (AvgIpc) is 3.79. The van der Waals surface area contributed by atoms with Crippen molar-refractivity contribution in [1.29, 1.82) is 0 Å². The number of ether oxygens (including phenoxy) is 4. The molecule has 4 heterocycles. The monoisotopic (exact) mass is 684 g/mol. The summed E-state index contributed by atoms with van der Waals surface area (Å²) in [6.45, 7) is 10.9. The Hall–Kier alpha value is -4.46. The van der Waals surface area contributed by atoms with E-state index in [-0.39, 0.29) is 18.1 Å². The molecule has 0 radical (unpaired) electrons. The first-order valence-corrected chi connectivity index (χ1v) is 20.7. The SMILES string of the molecule is COc1cc(C(=O)NC2COC2)ccc1Nc1nc(OC2CCCC2)c2c(-c3ccc4nc(C)oc4c3)cn(COCC[Si](C)(C)C)c2n1. The molecule has 5 aromatic rings. The quantitative estimate of drug-likeness (QED) is 0.0980. The predicted molar refractivity (Wildman–Crippen MR) is 191 cm³/mol. The van der Waals surface area contributed by atoms with Gasteiger partial charge in [-0.25, -0.2) is 4.98 Å². The molecule has 3 aromatic heterocycles. The molecule has 0 bridgehead atoms. The van der Waals surface area contributed by atoms with E-state index in [1.807, 2.05) is 29.7 Å². The summed E-state index contributed by atoms with van der Waals surface area (Å²) >= 11 is 0. The highest BCUT2D eigenvalue weighted by atomic mass is 28.3. The van der Waals surface area contributed by atoms with Crippen LogP contribution in [0.1, 0.15) is 41.9 Å². The Bertz CT molecular complexity index is 1970. The summed E-state index contributed by atoms with van der Waals surface area (Å²) in [5.41, 5.74) is 5.17. The summed E-state index contributed by atoms with van der Waals surface area (Å²) in [5, 5.41) is 7.13. The Morgan fingerprint density at radius 3 is 2.61 bits per heavy atom. The number of carbonyl (C=O) groups excluding carboxylic acids is 1. The topological polar surface area (TPSA) is 135 Å². The summed E-state index contributed by atoms with van der Waals surface area (Å²) in [6, 6.07) is 12.4. The second-order valence-corrected chi connectivity index (χ2v) is 19.7. The molecule has 0 spiro atoms. The van der Waals surface area contributed by atoms with Crippen LogP contribution >= 0.6 is 0 Å². The number of nitrogens with zero attached hydrogens (tertiary/aromatic N) is 4. The molecule has 13 heteroatoms. The van der Waals surface area contributed by atoms with Gasteiger partial charge in [0.1, 0.15) is 24.1 Å². The number of methoxy groups -OCH3 is 1. The zero-order valence-corrected chi connectivity index (χ0v) is 29.8. The molecule has 258 valence electrons. The van der Waals surface area contributed by atoms with Crippen LogP contribution in [-0.2, 0) is 16.2 Å². The van der Waals surface area contributed by atoms with E-state index in [1.165, 1.54) is 0 Å². The van der Waals surface area contributed by atoms with Gasteiger partial charge in [0, 0.05) is 38.9 Å². The molecule has 2 fully saturated rings. The van der Waals surface area contributed by atoms with E-state index in [0.717, 1.165) is 53.8 Å². The highest BCUT2D eigenvalue weighted by Crippen LogP contribution is 2.40. The molecule has 12 nitrogen and oxygen atoms in total. The van der Waals surface area contributed by atoms with Crippen LogP contribution in [0.25, 0.3) is 33.3 Å². The number of nitrogens with one attached hydrogen (secondary N) is 2. The summed E-state index contributed by atoms with van der Waals surface area (Å²) < 4.78 is 31.8. The van der Waals surface area contributed by atoms with Gasteiger partial charge in [-0.05, 0) is 67.6 Å². The Kier molecular flexibility index (Phi) is 9.31. The number of rotatable bonds is 13. The number of hydrogen-bond donors (Lipinski definition) is 2. The molecular formula is C36H44N6O6Si. The van der Waals surface area contributed by atoms with Crippen LogP contribution in [0.2, 0.25) is 25.7 Å². The van der Waals surface area contributed by atoms with Crippen LogP contribution in [0.15, 0.2) is 47.0 Å². The second kappa shape index (κ2) is 13.8. The normalized spacial score (nSPS) is 15.5. The predicted octanol–water partition coefficient (Wildman–Crippen LogP) is 7.06. The largest absolute Gasteiger partial charge is 0.495 e. The van der Waals surface area contributed by atoms with Crippen LogP contribution < -0.4 is 20.1 Å². The molecule has 2 N–H and O–H groups in total. The van der Waals surface area contributed by atoms with Gasteiger partial charge in [-0.3, -0.25) is 4.79 Å². The van der Waals surface area contributed by atoms with E-state index in [1.54, 1.807) is 25.3 Å². The van der Waals surface area contributed by atoms with Crippen molar-refractivity contribution in [3.8, 4) is 22.8 Å². The van der Waals surface area contributed by atoms with Crippen LogP contribution in [-0.4, -0.2) is 72.6 Å². The van der Waals surface area contributed by atoms with Crippen LogP contribution in [0, 0.1) is 6.92 Å². The van der Waals surface area contributed by atoms with E-state index < -0.39 is 8.07 Å². The van der Waals surface area contributed by atoms with Gasteiger partial charge < -0.3 is 38.6 Å². The van der Waals surface area contributed by atoms with Crippen LogP contribution in [0.3, 0.4) is 0 Å². The minimum Gasteiger partial charge on any atom is -0.495 e. The summed E-state index contributed by atoms with van der Waals surface area (Å²) in [5.74, 6) is 1.77. The maximum absolute atomic E-state index is 12.8. The number of aryl methyl sites for hydroxylation is 1. The van der Waals surface area contributed by atoms with Crippen LogP contribution in [0.4, 0.5) is 11.6 Å². The third-order valence-corrected chi connectivity index (χ3v) is 10.7. The van der Waals surface area contributed by atoms with Gasteiger partial charge >= 0.3 is 0 Å². The molecule has 1 aliphatic carbocycles. The van der Waals surface area contributed by atoms with E-state index in [0.29, 0.717) is 72.5 Å². The first-order chi connectivity index (χ1) is 23.6. The van der Waals surface area contributed by atoms with Gasteiger partial charge in [-0.2, -0.15) is 9.97 Å². The van der Waals surface area contributed by atoms with Crippen molar-refractivity contribution >= 4 is 47.7 Å². The molecule has 1 amide bonds. The third-order valence-electron chi connectivity index (χ3n) is 8.98. The number of oxazole rings is 1. The fourth-order valence-electron chi connectivity index (χ4n) is 6.17. The van der Waals surface area contributed by atoms with E-state index in [4.69, 9.17) is 33.3 Å². The Labute approximate surface area is 286 Å². The summed E-state index contributed by atoms with van der Waals surface area (Å²) in [4.78, 5) is 27.3. The van der Waals surface area contributed by atoms with Gasteiger partial charge in [-0.15, -0.1) is 0 Å². The summed E-state index contributed by atoms with van der Waals surface area (Å²) in [6.07, 6.45) is 6.30. The highest BCUT2D eigenvalue weighted by Gasteiger charge is 2.26. The first kappa shape index (κ1) is 33.1. The average molecular weight is 685 g/mol.